The summed E-state index contributed by atoms with van der Waals surface area (Å²) < 4.78 is 25.9. The van der Waals surface area contributed by atoms with E-state index in [-0.39, 0.29) is 12.1 Å². The molecule has 0 spiro atoms. The van der Waals surface area contributed by atoms with Gasteiger partial charge in [0.25, 0.3) is 0 Å². The van der Waals surface area contributed by atoms with Gasteiger partial charge >= 0.3 is 8.74 Å². The Morgan fingerprint density at radius 1 is 0.909 bits per heavy atom. The van der Waals surface area contributed by atoms with E-state index < -0.39 is 8.74 Å². The molecule has 0 aromatic rings. The standard InChI is InChI=1S/C8H18F2Si/c1-3-5-7-11(9,10)8-6-4-2/h3-8H2,1-2H3. The minimum Gasteiger partial charge on any atom is -0.270 e. The van der Waals surface area contributed by atoms with Gasteiger partial charge in [-0.3, -0.25) is 8.22 Å². The average Bonchev–Trinajstić information content (AvgIpc) is 1.97. The van der Waals surface area contributed by atoms with Crippen LogP contribution in [0.5, 0.6) is 0 Å². The van der Waals surface area contributed by atoms with Crippen LogP contribution in [0.15, 0.2) is 0 Å². The highest BCUT2D eigenvalue weighted by atomic mass is 28.4. The molecule has 0 unspecified atom stereocenters. The van der Waals surface area contributed by atoms with Crippen molar-refractivity contribution in [2.45, 2.75) is 51.6 Å². The smallest absolute Gasteiger partial charge is 0.270 e. The minimum atomic E-state index is -3.75. The highest BCUT2D eigenvalue weighted by molar-refractivity contribution is 6.66. The maximum Gasteiger partial charge on any atom is 0.425 e. The normalized spacial score (nSPS) is 12.0. The number of unbranched alkanes of at least 4 members (excludes halogenated alkanes) is 2. The molecule has 3 heteroatoms. The number of halogens is 2. The summed E-state index contributed by atoms with van der Waals surface area (Å²) in [5, 5.41) is 0. The maximum atomic E-state index is 12.9. The van der Waals surface area contributed by atoms with Crippen molar-refractivity contribution in [2.24, 2.45) is 0 Å². The molecule has 0 heterocycles. The van der Waals surface area contributed by atoms with Crippen LogP contribution < -0.4 is 0 Å². The van der Waals surface area contributed by atoms with Crippen LogP contribution in [0.2, 0.25) is 12.1 Å². The third-order valence-corrected chi connectivity index (χ3v) is 3.96. The zero-order chi connectivity index (χ0) is 8.74. The summed E-state index contributed by atoms with van der Waals surface area (Å²) >= 11 is 0. The Hall–Kier alpha value is 0.0769. The first-order valence-electron chi connectivity index (χ1n) is 4.50. The molecule has 0 aliphatic rings. The molecule has 0 aromatic heterocycles. The van der Waals surface area contributed by atoms with Crippen LogP contribution in [0, 0.1) is 0 Å². The summed E-state index contributed by atoms with van der Waals surface area (Å²) in [6, 6.07) is 0.424. The first-order chi connectivity index (χ1) is 5.12. The fourth-order valence-electron chi connectivity index (χ4n) is 0.996. The van der Waals surface area contributed by atoms with Crippen LogP contribution in [-0.2, 0) is 0 Å². The zero-order valence-corrected chi connectivity index (χ0v) is 8.50. The molecule has 0 saturated heterocycles. The number of hydrogen-bond donors (Lipinski definition) is 0. The topological polar surface area (TPSA) is 0 Å². The van der Waals surface area contributed by atoms with Gasteiger partial charge in [0.2, 0.25) is 0 Å². The quantitative estimate of drug-likeness (QED) is 0.428. The first kappa shape index (κ1) is 11.1. The lowest BCUT2D eigenvalue weighted by Crippen LogP contribution is -2.21. The Morgan fingerprint density at radius 3 is 1.55 bits per heavy atom. The van der Waals surface area contributed by atoms with Crippen molar-refractivity contribution < 1.29 is 8.22 Å². The van der Waals surface area contributed by atoms with Crippen molar-refractivity contribution in [2.75, 3.05) is 0 Å². The highest BCUT2D eigenvalue weighted by Crippen LogP contribution is 2.23. The van der Waals surface area contributed by atoms with E-state index in [1.54, 1.807) is 0 Å². The second-order valence-corrected chi connectivity index (χ2v) is 5.77. The fourth-order valence-corrected chi connectivity index (χ4v) is 2.99. The molecule has 0 saturated carbocycles. The van der Waals surface area contributed by atoms with Crippen LogP contribution in [0.4, 0.5) is 8.22 Å². The second-order valence-electron chi connectivity index (χ2n) is 3.06. The van der Waals surface area contributed by atoms with Crippen LogP contribution in [0.1, 0.15) is 39.5 Å². The molecule has 0 N–H and O–H groups in total. The van der Waals surface area contributed by atoms with Crippen molar-refractivity contribution in [3.05, 3.63) is 0 Å². The van der Waals surface area contributed by atoms with Gasteiger partial charge in [-0.2, -0.15) is 0 Å². The van der Waals surface area contributed by atoms with Gasteiger partial charge in [-0.05, 0) is 12.1 Å². The average molecular weight is 180 g/mol. The van der Waals surface area contributed by atoms with E-state index in [9.17, 15) is 8.22 Å². The van der Waals surface area contributed by atoms with Crippen LogP contribution >= 0.6 is 0 Å². The molecule has 0 aliphatic heterocycles. The Kier molecular flexibility index (Phi) is 5.73. The van der Waals surface area contributed by atoms with Gasteiger partial charge in [0.05, 0.1) is 0 Å². The van der Waals surface area contributed by atoms with E-state index in [1.807, 2.05) is 13.8 Å². The molecule has 0 radical (unpaired) electrons. The third-order valence-electron chi connectivity index (χ3n) is 1.79. The second kappa shape index (κ2) is 5.69. The van der Waals surface area contributed by atoms with Gasteiger partial charge in [0, 0.05) is 0 Å². The lowest BCUT2D eigenvalue weighted by Gasteiger charge is -2.10. The molecule has 68 valence electrons. The van der Waals surface area contributed by atoms with Gasteiger partial charge < -0.3 is 0 Å². The van der Waals surface area contributed by atoms with E-state index in [4.69, 9.17) is 0 Å². The molecule has 0 nitrogen and oxygen atoms in total. The predicted octanol–water partition coefficient (Wildman–Crippen LogP) is 3.97. The fraction of sp³-hybridized carbons (Fsp3) is 1.00. The number of hydrogen-bond acceptors (Lipinski definition) is 0. The Morgan fingerprint density at radius 2 is 1.27 bits per heavy atom. The summed E-state index contributed by atoms with van der Waals surface area (Å²) in [4.78, 5) is 0. The van der Waals surface area contributed by atoms with Crippen LogP contribution in [0.25, 0.3) is 0 Å². The Labute approximate surface area is 69.4 Å². The summed E-state index contributed by atoms with van der Waals surface area (Å²) in [5.41, 5.74) is 0. The lowest BCUT2D eigenvalue weighted by atomic mass is 10.4. The molecule has 0 aromatic carbocycles. The molecular weight excluding hydrogens is 162 g/mol. The Balaban J connectivity index is 3.43. The van der Waals surface area contributed by atoms with Crippen molar-refractivity contribution in [1.29, 1.82) is 0 Å². The summed E-state index contributed by atoms with van der Waals surface area (Å²) in [6.07, 6.45) is 3.22. The highest BCUT2D eigenvalue weighted by Gasteiger charge is 2.32. The summed E-state index contributed by atoms with van der Waals surface area (Å²) in [5.74, 6) is 0. The van der Waals surface area contributed by atoms with E-state index in [2.05, 4.69) is 0 Å². The summed E-state index contributed by atoms with van der Waals surface area (Å²) in [7, 11) is -3.75. The molecule has 0 fully saturated rings. The summed E-state index contributed by atoms with van der Waals surface area (Å²) in [6.45, 7) is 3.93. The van der Waals surface area contributed by atoms with E-state index >= 15 is 0 Å². The molecule has 0 rings (SSSR count). The van der Waals surface area contributed by atoms with Crippen molar-refractivity contribution in [3.8, 4) is 0 Å². The van der Waals surface area contributed by atoms with Crippen LogP contribution in [-0.4, -0.2) is 8.74 Å². The van der Waals surface area contributed by atoms with Gasteiger partial charge in [-0.25, -0.2) is 0 Å². The lowest BCUT2D eigenvalue weighted by molar-refractivity contribution is 0.565. The Bertz CT molecular complexity index is 84.1. The van der Waals surface area contributed by atoms with Gasteiger partial charge in [0.15, 0.2) is 0 Å². The van der Waals surface area contributed by atoms with Crippen molar-refractivity contribution >= 4 is 8.74 Å². The maximum absolute atomic E-state index is 12.9. The van der Waals surface area contributed by atoms with Gasteiger partial charge in [-0.1, -0.05) is 39.5 Å². The van der Waals surface area contributed by atoms with E-state index in [0.29, 0.717) is 12.8 Å². The van der Waals surface area contributed by atoms with Gasteiger partial charge in [0.1, 0.15) is 0 Å². The largest absolute Gasteiger partial charge is 0.425 e. The first-order valence-corrected chi connectivity index (χ1v) is 6.67. The molecular formula is C8H18F2Si. The molecule has 0 atom stereocenters. The van der Waals surface area contributed by atoms with E-state index in [1.165, 1.54) is 0 Å². The van der Waals surface area contributed by atoms with Crippen molar-refractivity contribution in [3.63, 3.8) is 0 Å². The molecule has 0 bridgehead atoms. The number of rotatable bonds is 6. The monoisotopic (exact) mass is 180 g/mol. The SMILES string of the molecule is CCCC[Si](F)(F)CCCC. The van der Waals surface area contributed by atoms with E-state index in [0.717, 1.165) is 12.8 Å². The van der Waals surface area contributed by atoms with Crippen molar-refractivity contribution in [1.82, 2.24) is 0 Å². The molecule has 0 aliphatic carbocycles. The molecule has 11 heavy (non-hydrogen) atoms. The third kappa shape index (κ3) is 6.47. The zero-order valence-electron chi connectivity index (χ0n) is 7.50. The minimum absolute atomic E-state index is 0.212. The van der Waals surface area contributed by atoms with Crippen LogP contribution in [0.3, 0.4) is 0 Å². The molecule has 0 amide bonds. The van der Waals surface area contributed by atoms with Gasteiger partial charge in [-0.15, -0.1) is 0 Å². The predicted molar refractivity (Wildman–Crippen MR) is 47.4 cm³/mol.